The van der Waals surface area contributed by atoms with Crippen molar-refractivity contribution in [1.29, 1.82) is 0 Å². The maximum absolute atomic E-state index is 11.7. The van der Waals surface area contributed by atoms with E-state index in [-0.39, 0.29) is 5.75 Å². The molecule has 2 aromatic rings. The van der Waals surface area contributed by atoms with Gasteiger partial charge in [-0.3, -0.25) is 9.71 Å². The Morgan fingerprint density at radius 1 is 1.24 bits per heavy atom. The van der Waals surface area contributed by atoms with Gasteiger partial charge in [0.05, 0.1) is 17.0 Å². The molecule has 0 aliphatic carbocycles. The molecule has 0 fully saturated rings. The second-order valence-electron chi connectivity index (χ2n) is 3.49. The van der Waals surface area contributed by atoms with E-state index in [2.05, 4.69) is 25.6 Å². The molecule has 90 valence electrons. The highest BCUT2D eigenvalue weighted by Crippen LogP contribution is 2.21. The Kier molecular flexibility index (Phi) is 3.63. The molecule has 0 saturated carbocycles. The number of nitrogens with one attached hydrogen (secondary N) is 1. The molecule has 1 heterocycles. The Morgan fingerprint density at radius 2 is 2.00 bits per heavy atom. The van der Waals surface area contributed by atoms with Crippen molar-refractivity contribution in [2.45, 2.75) is 0 Å². The van der Waals surface area contributed by atoms with Crippen LogP contribution in [-0.4, -0.2) is 24.5 Å². The lowest BCUT2D eigenvalue weighted by Gasteiger charge is -2.09. The number of aromatic nitrogens is 1. The minimum absolute atomic E-state index is 0.0453. The van der Waals surface area contributed by atoms with Gasteiger partial charge in [-0.2, -0.15) is 0 Å². The van der Waals surface area contributed by atoms with E-state index in [1.54, 1.807) is 12.3 Å². The number of hydrogen-bond acceptors (Lipinski definition) is 3. The Morgan fingerprint density at radius 3 is 2.76 bits per heavy atom. The van der Waals surface area contributed by atoms with Crippen LogP contribution in [0.2, 0.25) is 0 Å². The number of anilines is 1. The lowest BCUT2D eigenvalue weighted by Crippen LogP contribution is -2.17. The predicted octanol–water partition coefficient (Wildman–Crippen LogP) is 2.37. The molecule has 0 aliphatic rings. The quantitative estimate of drug-likeness (QED) is 0.881. The van der Waals surface area contributed by atoms with Crippen LogP contribution in [0.5, 0.6) is 0 Å². The second-order valence-corrected chi connectivity index (χ2v) is 6.12. The first-order valence-corrected chi connectivity index (χ1v) is 7.80. The molecule has 17 heavy (non-hydrogen) atoms. The molecule has 0 amide bonds. The van der Waals surface area contributed by atoms with Crippen LogP contribution in [0.25, 0.3) is 10.9 Å². The lowest BCUT2D eigenvalue weighted by molar-refractivity contribution is 0.603. The van der Waals surface area contributed by atoms with Crippen molar-refractivity contribution in [2.24, 2.45) is 0 Å². The van der Waals surface area contributed by atoms with Gasteiger partial charge in [-0.25, -0.2) is 8.42 Å². The minimum Gasteiger partial charge on any atom is -0.283 e. The zero-order valence-corrected chi connectivity index (χ0v) is 11.3. The number of alkyl halides is 1. The van der Waals surface area contributed by atoms with Crippen molar-refractivity contribution >= 4 is 42.5 Å². The molecule has 0 unspecified atom stereocenters. The van der Waals surface area contributed by atoms with Crippen LogP contribution in [0.15, 0.2) is 36.5 Å². The molecule has 1 aromatic carbocycles. The van der Waals surface area contributed by atoms with Crippen LogP contribution >= 0.6 is 15.9 Å². The summed E-state index contributed by atoms with van der Waals surface area (Å²) >= 11 is 3.12. The first kappa shape index (κ1) is 12.3. The minimum atomic E-state index is -3.30. The summed E-state index contributed by atoms with van der Waals surface area (Å²) in [5.41, 5.74) is 1.34. The number of sulfonamides is 1. The SMILES string of the molecule is O=S(=O)(CCBr)Nc1ccnc2ccccc12. The molecular weight excluding hydrogens is 304 g/mol. The van der Waals surface area contributed by atoms with Crippen molar-refractivity contribution < 1.29 is 8.42 Å². The maximum atomic E-state index is 11.7. The predicted molar refractivity (Wildman–Crippen MR) is 72.9 cm³/mol. The van der Waals surface area contributed by atoms with Gasteiger partial charge in [0.25, 0.3) is 0 Å². The Bertz CT molecular complexity index is 623. The number of para-hydroxylation sites is 1. The summed E-state index contributed by atoms with van der Waals surface area (Å²) < 4.78 is 25.9. The lowest BCUT2D eigenvalue weighted by atomic mass is 10.2. The Labute approximate surface area is 108 Å². The van der Waals surface area contributed by atoms with E-state index in [0.717, 1.165) is 10.9 Å². The number of benzene rings is 1. The first-order valence-electron chi connectivity index (χ1n) is 5.02. The van der Waals surface area contributed by atoms with Gasteiger partial charge in [0.2, 0.25) is 10.0 Å². The summed E-state index contributed by atoms with van der Waals surface area (Å²) in [5, 5.41) is 1.21. The number of hydrogen-bond donors (Lipinski definition) is 1. The molecule has 1 N–H and O–H groups in total. The van der Waals surface area contributed by atoms with Gasteiger partial charge in [-0.05, 0) is 12.1 Å². The summed E-state index contributed by atoms with van der Waals surface area (Å²) in [6.45, 7) is 0. The van der Waals surface area contributed by atoms with E-state index in [1.807, 2.05) is 24.3 Å². The van der Waals surface area contributed by atoms with E-state index >= 15 is 0 Å². The standard InChI is InChI=1S/C11H11BrN2O2S/c12-6-8-17(15,16)14-11-5-7-13-10-4-2-1-3-9(10)11/h1-5,7H,6,8H2,(H,13,14). The van der Waals surface area contributed by atoms with Gasteiger partial charge in [0.1, 0.15) is 0 Å². The second kappa shape index (κ2) is 5.01. The zero-order chi connectivity index (χ0) is 12.3. The molecule has 1 aromatic heterocycles. The van der Waals surface area contributed by atoms with E-state index in [1.165, 1.54) is 0 Å². The number of rotatable bonds is 4. The van der Waals surface area contributed by atoms with Crippen LogP contribution in [0.3, 0.4) is 0 Å². The normalized spacial score (nSPS) is 11.6. The number of fused-ring (bicyclic) bond motifs is 1. The fraction of sp³-hybridized carbons (Fsp3) is 0.182. The van der Waals surface area contributed by atoms with Gasteiger partial charge in [0.15, 0.2) is 0 Å². The smallest absolute Gasteiger partial charge is 0.233 e. The maximum Gasteiger partial charge on any atom is 0.233 e. The van der Waals surface area contributed by atoms with E-state index in [4.69, 9.17) is 0 Å². The molecule has 0 atom stereocenters. The third-order valence-corrected chi connectivity index (χ3v) is 4.45. The fourth-order valence-electron chi connectivity index (χ4n) is 1.50. The molecular formula is C11H11BrN2O2S. The van der Waals surface area contributed by atoms with Crippen molar-refractivity contribution in [3.8, 4) is 0 Å². The highest BCUT2D eigenvalue weighted by atomic mass is 79.9. The summed E-state index contributed by atoms with van der Waals surface area (Å²) in [4.78, 5) is 4.17. The average Bonchev–Trinajstić information content (AvgIpc) is 2.29. The molecule has 2 rings (SSSR count). The van der Waals surface area contributed by atoms with Crippen molar-refractivity contribution in [3.05, 3.63) is 36.5 Å². The van der Waals surface area contributed by atoms with Crippen molar-refractivity contribution in [3.63, 3.8) is 0 Å². The van der Waals surface area contributed by atoms with Crippen LogP contribution in [-0.2, 0) is 10.0 Å². The van der Waals surface area contributed by atoms with Crippen LogP contribution in [0, 0.1) is 0 Å². The van der Waals surface area contributed by atoms with E-state index < -0.39 is 10.0 Å². The van der Waals surface area contributed by atoms with Crippen molar-refractivity contribution in [2.75, 3.05) is 15.8 Å². The number of pyridine rings is 1. The molecule has 0 aliphatic heterocycles. The third-order valence-electron chi connectivity index (χ3n) is 2.26. The monoisotopic (exact) mass is 314 g/mol. The molecule has 4 nitrogen and oxygen atoms in total. The topological polar surface area (TPSA) is 59.1 Å². The summed E-state index contributed by atoms with van der Waals surface area (Å²) in [6, 6.07) is 9.07. The Hall–Kier alpha value is -1.14. The summed E-state index contributed by atoms with van der Waals surface area (Å²) in [7, 11) is -3.30. The van der Waals surface area contributed by atoms with Crippen molar-refractivity contribution in [1.82, 2.24) is 4.98 Å². The van der Waals surface area contributed by atoms with E-state index in [9.17, 15) is 8.42 Å². The molecule has 0 spiro atoms. The molecule has 0 saturated heterocycles. The van der Waals surface area contributed by atoms with Gasteiger partial charge in [0, 0.05) is 16.9 Å². The van der Waals surface area contributed by atoms with Gasteiger partial charge in [-0.1, -0.05) is 34.1 Å². The zero-order valence-electron chi connectivity index (χ0n) is 8.93. The highest BCUT2D eigenvalue weighted by molar-refractivity contribution is 9.09. The van der Waals surface area contributed by atoms with Crippen LogP contribution in [0.4, 0.5) is 5.69 Å². The highest BCUT2D eigenvalue weighted by Gasteiger charge is 2.11. The largest absolute Gasteiger partial charge is 0.283 e. The fourth-order valence-corrected chi connectivity index (χ4v) is 3.60. The van der Waals surface area contributed by atoms with Gasteiger partial charge < -0.3 is 0 Å². The summed E-state index contributed by atoms with van der Waals surface area (Å²) in [5.74, 6) is 0.0453. The van der Waals surface area contributed by atoms with Gasteiger partial charge >= 0.3 is 0 Å². The third kappa shape index (κ3) is 2.95. The van der Waals surface area contributed by atoms with Crippen LogP contribution < -0.4 is 4.72 Å². The molecule has 0 radical (unpaired) electrons. The molecule has 0 bridgehead atoms. The van der Waals surface area contributed by atoms with Gasteiger partial charge in [-0.15, -0.1) is 0 Å². The summed E-state index contributed by atoms with van der Waals surface area (Å²) in [6.07, 6.45) is 1.59. The number of halogens is 1. The molecule has 6 heteroatoms. The number of nitrogens with zero attached hydrogens (tertiary/aromatic N) is 1. The average molecular weight is 315 g/mol. The van der Waals surface area contributed by atoms with E-state index in [0.29, 0.717) is 11.0 Å². The van der Waals surface area contributed by atoms with Crippen LogP contribution in [0.1, 0.15) is 0 Å². The first-order chi connectivity index (χ1) is 8.12. The Balaban J connectivity index is 2.43.